The van der Waals surface area contributed by atoms with E-state index in [9.17, 15) is 9.59 Å². The molecule has 5 rings (SSSR count). The molecule has 1 aromatic carbocycles. The van der Waals surface area contributed by atoms with Crippen molar-refractivity contribution in [2.75, 3.05) is 18.1 Å². The van der Waals surface area contributed by atoms with E-state index < -0.39 is 29.8 Å². The van der Waals surface area contributed by atoms with Crippen LogP contribution in [0.5, 0.6) is 0 Å². The SMILES string of the molecule is O=C1[C@H]2[C@@H](C(=O)N1c1ccccc1)[C@@]1(C3OCCO3)C=C[C@H]2O1. The van der Waals surface area contributed by atoms with Gasteiger partial charge in [0.1, 0.15) is 0 Å². The fourth-order valence-corrected chi connectivity index (χ4v) is 4.16. The number of rotatable bonds is 2. The summed E-state index contributed by atoms with van der Waals surface area (Å²) >= 11 is 0. The minimum atomic E-state index is -0.984. The molecule has 2 amide bonds. The largest absolute Gasteiger partial charge is 0.357 e. The molecule has 0 aromatic heterocycles. The highest BCUT2D eigenvalue weighted by atomic mass is 16.7. The van der Waals surface area contributed by atoms with Gasteiger partial charge >= 0.3 is 0 Å². The fourth-order valence-electron chi connectivity index (χ4n) is 4.16. The Morgan fingerprint density at radius 2 is 1.78 bits per heavy atom. The molecule has 0 saturated carbocycles. The fraction of sp³-hybridized carbons (Fsp3) is 0.412. The first kappa shape index (κ1) is 13.4. The third-order valence-electron chi connectivity index (χ3n) is 5.08. The molecule has 4 atom stereocenters. The summed E-state index contributed by atoms with van der Waals surface area (Å²) in [5.41, 5.74) is -0.387. The molecule has 4 aliphatic heterocycles. The first-order chi connectivity index (χ1) is 11.2. The highest BCUT2D eigenvalue weighted by Crippen LogP contribution is 2.55. The molecule has 1 aromatic rings. The lowest BCUT2D eigenvalue weighted by atomic mass is 9.76. The van der Waals surface area contributed by atoms with Crippen molar-refractivity contribution in [3.8, 4) is 0 Å². The summed E-state index contributed by atoms with van der Waals surface area (Å²) in [4.78, 5) is 27.2. The summed E-state index contributed by atoms with van der Waals surface area (Å²) < 4.78 is 17.2. The predicted molar refractivity (Wildman–Crippen MR) is 78.4 cm³/mol. The normalized spacial score (nSPS) is 38.8. The van der Waals surface area contributed by atoms with Gasteiger partial charge in [0.15, 0.2) is 11.9 Å². The van der Waals surface area contributed by atoms with Crippen LogP contribution in [-0.2, 0) is 23.8 Å². The van der Waals surface area contributed by atoms with Gasteiger partial charge in [0.05, 0.1) is 36.8 Å². The van der Waals surface area contributed by atoms with Crippen LogP contribution in [0.3, 0.4) is 0 Å². The number of imide groups is 1. The molecule has 118 valence electrons. The van der Waals surface area contributed by atoms with E-state index in [1.807, 2.05) is 30.4 Å². The van der Waals surface area contributed by atoms with Crippen molar-refractivity contribution in [1.82, 2.24) is 0 Å². The molecule has 6 heteroatoms. The maximum Gasteiger partial charge on any atom is 0.241 e. The Balaban J connectivity index is 1.58. The molecule has 0 N–H and O–H groups in total. The zero-order valence-corrected chi connectivity index (χ0v) is 12.3. The molecule has 3 saturated heterocycles. The van der Waals surface area contributed by atoms with Crippen LogP contribution in [0.4, 0.5) is 5.69 Å². The lowest BCUT2D eigenvalue weighted by Gasteiger charge is -2.32. The minimum Gasteiger partial charge on any atom is -0.357 e. The number of carbonyl (C=O) groups is 2. The van der Waals surface area contributed by atoms with Crippen molar-refractivity contribution >= 4 is 17.5 Å². The molecule has 0 spiro atoms. The zero-order chi connectivity index (χ0) is 15.6. The van der Waals surface area contributed by atoms with Gasteiger partial charge in [0, 0.05) is 0 Å². The molecule has 23 heavy (non-hydrogen) atoms. The monoisotopic (exact) mass is 313 g/mol. The van der Waals surface area contributed by atoms with Crippen LogP contribution >= 0.6 is 0 Å². The molecule has 4 heterocycles. The third kappa shape index (κ3) is 1.58. The number of carbonyl (C=O) groups excluding carboxylic acids is 2. The molecule has 2 bridgehead atoms. The van der Waals surface area contributed by atoms with Crippen molar-refractivity contribution < 1.29 is 23.8 Å². The van der Waals surface area contributed by atoms with E-state index in [-0.39, 0.29) is 11.8 Å². The van der Waals surface area contributed by atoms with E-state index in [4.69, 9.17) is 14.2 Å². The van der Waals surface area contributed by atoms with Gasteiger partial charge in [-0.25, -0.2) is 4.90 Å². The summed E-state index contributed by atoms with van der Waals surface area (Å²) in [6.07, 6.45) is 2.67. The van der Waals surface area contributed by atoms with E-state index in [1.165, 1.54) is 4.90 Å². The number of hydrogen-bond donors (Lipinski definition) is 0. The van der Waals surface area contributed by atoms with Crippen molar-refractivity contribution in [2.45, 2.75) is 18.0 Å². The third-order valence-corrected chi connectivity index (χ3v) is 5.08. The van der Waals surface area contributed by atoms with Crippen LogP contribution in [0.1, 0.15) is 0 Å². The topological polar surface area (TPSA) is 65.1 Å². The number of anilines is 1. The molecule has 0 unspecified atom stereocenters. The van der Waals surface area contributed by atoms with E-state index in [0.717, 1.165) is 0 Å². The van der Waals surface area contributed by atoms with Crippen molar-refractivity contribution in [1.29, 1.82) is 0 Å². The second-order valence-electron chi connectivity index (χ2n) is 6.22. The molecular formula is C17H15NO5. The van der Waals surface area contributed by atoms with Crippen LogP contribution in [0.2, 0.25) is 0 Å². The highest BCUT2D eigenvalue weighted by Gasteiger charge is 2.71. The summed E-state index contributed by atoms with van der Waals surface area (Å²) in [6, 6.07) is 9.01. The Bertz CT molecular complexity index is 711. The van der Waals surface area contributed by atoms with Gasteiger partial charge < -0.3 is 14.2 Å². The smallest absolute Gasteiger partial charge is 0.241 e. The summed E-state index contributed by atoms with van der Waals surface area (Å²) in [7, 11) is 0. The van der Waals surface area contributed by atoms with E-state index in [1.54, 1.807) is 12.1 Å². The maximum atomic E-state index is 13.0. The van der Waals surface area contributed by atoms with Crippen LogP contribution in [-0.4, -0.2) is 43.0 Å². The Hall–Kier alpha value is -2.02. The van der Waals surface area contributed by atoms with Gasteiger partial charge in [-0.05, 0) is 18.2 Å². The number of hydrogen-bond acceptors (Lipinski definition) is 5. The van der Waals surface area contributed by atoms with Gasteiger partial charge in [0.25, 0.3) is 0 Å². The minimum absolute atomic E-state index is 0.208. The van der Waals surface area contributed by atoms with Gasteiger partial charge in [-0.2, -0.15) is 0 Å². The lowest BCUT2D eigenvalue weighted by Crippen LogP contribution is -2.49. The molecule has 3 fully saturated rings. The van der Waals surface area contributed by atoms with Crippen LogP contribution < -0.4 is 4.90 Å². The first-order valence-electron chi connectivity index (χ1n) is 7.76. The number of ether oxygens (including phenoxy) is 3. The van der Waals surface area contributed by atoms with Gasteiger partial charge in [-0.1, -0.05) is 24.3 Å². The second kappa shape index (κ2) is 4.50. The Morgan fingerprint density at radius 1 is 1.04 bits per heavy atom. The van der Waals surface area contributed by atoms with Crippen LogP contribution in [0.25, 0.3) is 0 Å². The maximum absolute atomic E-state index is 13.0. The van der Waals surface area contributed by atoms with Crippen molar-refractivity contribution in [2.24, 2.45) is 11.8 Å². The second-order valence-corrected chi connectivity index (χ2v) is 6.22. The summed E-state index contributed by atoms with van der Waals surface area (Å²) in [6.45, 7) is 0.937. The summed E-state index contributed by atoms with van der Waals surface area (Å²) in [5.74, 6) is -1.54. The van der Waals surface area contributed by atoms with E-state index in [2.05, 4.69) is 0 Å². The predicted octanol–water partition coefficient (Wildman–Crippen LogP) is 0.872. The van der Waals surface area contributed by atoms with Gasteiger partial charge in [0.2, 0.25) is 11.8 Å². The molecule has 4 aliphatic rings. The van der Waals surface area contributed by atoms with E-state index >= 15 is 0 Å². The highest BCUT2D eigenvalue weighted by molar-refractivity contribution is 6.23. The van der Waals surface area contributed by atoms with Gasteiger partial charge in [-0.15, -0.1) is 0 Å². The lowest BCUT2D eigenvalue weighted by molar-refractivity contribution is -0.180. The number of nitrogens with zero attached hydrogens (tertiary/aromatic N) is 1. The van der Waals surface area contributed by atoms with E-state index in [0.29, 0.717) is 18.9 Å². The Kier molecular flexibility index (Phi) is 2.63. The number of para-hydroxylation sites is 1. The van der Waals surface area contributed by atoms with Crippen LogP contribution in [0, 0.1) is 11.8 Å². The van der Waals surface area contributed by atoms with Crippen molar-refractivity contribution in [3.05, 3.63) is 42.5 Å². The summed E-state index contributed by atoms with van der Waals surface area (Å²) in [5, 5.41) is 0. The first-order valence-corrected chi connectivity index (χ1v) is 7.76. The average molecular weight is 313 g/mol. The quantitative estimate of drug-likeness (QED) is 0.599. The average Bonchev–Trinajstić information content (AvgIpc) is 3.32. The molecular weight excluding hydrogens is 298 g/mol. The molecule has 0 radical (unpaired) electrons. The Labute approximate surface area is 132 Å². The zero-order valence-electron chi connectivity index (χ0n) is 12.3. The van der Waals surface area contributed by atoms with Gasteiger partial charge in [-0.3, -0.25) is 9.59 Å². The standard InChI is InChI=1S/C17H15NO5/c19-14-12-11-6-7-17(23-11,16-21-8-9-22-16)13(12)15(20)18(14)10-4-2-1-3-5-10/h1-7,11-13,16H,8-9H2/t11-,12-,13+,17-/m1/s1. The number of amides is 2. The number of benzene rings is 1. The number of fused-ring (bicyclic) bond motifs is 5. The van der Waals surface area contributed by atoms with Crippen molar-refractivity contribution in [3.63, 3.8) is 0 Å². The molecule has 0 aliphatic carbocycles. The molecule has 6 nitrogen and oxygen atoms in total. The Morgan fingerprint density at radius 3 is 2.52 bits per heavy atom. The van der Waals surface area contributed by atoms with Crippen LogP contribution in [0.15, 0.2) is 42.5 Å².